The molecule has 0 bridgehead atoms. The molecule has 1 aliphatic rings. The zero-order chi connectivity index (χ0) is 15.7. The highest BCUT2D eigenvalue weighted by atomic mass is 35.5. The molecule has 1 aliphatic heterocycles. The lowest BCUT2D eigenvalue weighted by Gasteiger charge is -2.34. The molecular weight excluding hydrogens is 320 g/mol. The van der Waals surface area contributed by atoms with E-state index >= 15 is 0 Å². The Kier molecular flexibility index (Phi) is 4.57. The lowest BCUT2D eigenvalue weighted by atomic mass is 10.2. The van der Waals surface area contributed by atoms with Crippen molar-refractivity contribution in [2.75, 3.05) is 26.2 Å². The molecule has 2 aromatic rings. The lowest BCUT2D eigenvalue weighted by Crippen LogP contribution is -2.48. The van der Waals surface area contributed by atoms with Crippen LogP contribution in [0.25, 0.3) is 0 Å². The molecule has 0 aliphatic carbocycles. The second kappa shape index (κ2) is 6.44. The molecule has 118 valence electrons. The molecule has 0 atom stereocenters. The van der Waals surface area contributed by atoms with Gasteiger partial charge in [0.1, 0.15) is 11.5 Å². The molecule has 6 heteroatoms. The van der Waals surface area contributed by atoms with Crippen LogP contribution in [0.3, 0.4) is 0 Å². The van der Waals surface area contributed by atoms with E-state index in [4.69, 9.17) is 16.0 Å². The predicted molar refractivity (Wildman–Crippen MR) is 88.7 cm³/mol. The fourth-order valence-corrected chi connectivity index (χ4v) is 3.91. The van der Waals surface area contributed by atoms with E-state index in [9.17, 15) is 4.79 Å². The van der Waals surface area contributed by atoms with Crippen LogP contribution < -0.4 is 0 Å². The van der Waals surface area contributed by atoms with E-state index in [0.29, 0.717) is 11.3 Å². The Morgan fingerprint density at radius 3 is 2.55 bits per heavy atom. The number of carbonyl (C=O) groups is 1. The highest BCUT2D eigenvalue weighted by Crippen LogP contribution is 2.23. The summed E-state index contributed by atoms with van der Waals surface area (Å²) in [6.07, 6.45) is 0. The molecule has 3 heterocycles. The van der Waals surface area contributed by atoms with Crippen molar-refractivity contribution >= 4 is 28.8 Å². The summed E-state index contributed by atoms with van der Waals surface area (Å²) in [5, 5.41) is 0. The molecule has 3 rings (SSSR count). The average Bonchev–Trinajstić information content (AvgIpc) is 3.04. The highest BCUT2D eigenvalue weighted by molar-refractivity contribution is 7.16. The molecular formula is C16H19ClN2O2S. The van der Waals surface area contributed by atoms with Gasteiger partial charge in [0.25, 0.3) is 5.91 Å². The maximum absolute atomic E-state index is 12.5. The number of furan rings is 1. The molecule has 22 heavy (non-hydrogen) atoms. The van der Waals surface area contributed by atoms with E-state index in [-0.39, 0.29) is 5.91 Å². The van der Waals surface area contributed by atoms with Crippen LogP contribution in [-0.4, -0.2) is 41.9 Å². The van der Waals surface area contributed by atoms with Gasteiger partial charge in [0, 0.05) is 37.6 Å². The van der Waals surface area contributed by atoms with Crippen molar-refractivity contribution < 1.29 is 9.21 Å². The van der Waals surface area contributed by atoms with Gasteiger partial charge in [-0.25, -0.2) is 0 Å². The third-order valence-electron chi connectivity index (χ3n) is 3.94. The Morgan fingerprint density at radius 2 is 2.00 bits per heavy atom. The van der Waals surface area contributed by atoms with Crippen molar-refractivity contribution in [3.05, 3.63) is 44.5 Å². The van der Waals surface area contributed by atoms with Gasteiger partial charge in [-0.2, -0.15) is 0 Å². The number of hydrogen-bond donors (Lipinski definition) is 0. The summed E-state index contributed by atoms with van der Waals surface area (Å²) < 4.78 is 6.29. The van der Waals surface area contributed by atoms with Gasteiger partial charge in [0.15, 0.2) is 0 Å². The number of thiophene rings is 1. The van der Waals surface area contributed by atoms with Gasteiger partial charge in [-0.15, -0.1) is 11.3 Å². The average molecular weight is 339 g/mol. The summed E-state index contributed by atoms with van der Waals surface area (Å²) in [7, 11) is 0. The van der Waals surface area contributed by atoms with Crippen molar-refractivity contribution in [2.24, 2.45) is 0 Å². The van der Waals surface area contributed by atoms with Crippen LogP contribution >= 0.6 is 22.9 Å². The van der Waals surface area contributed by atoms with E-state index < -0.39 is 0 Å². The number of aryl methyl sites for hydroxylation is 2. The minimum absolute atomic E-state index is 0.0770. The normalized spacial score (nSPS) is 16.2. The van der Waals surface area contributed by atoms with Crippen LogP contribution in [0.1, 0.15) is 26.8 Å². The highest BCUT2D eigenvalue weighted by Gasteiger charge is 2.24. The summed E-state index contributed by atoms with van der Waals surface area (Å²) in [6, 6.07) is 5.84. The molecule has 1 saturated heterocycles. The van der Waals surface area contributed by atoms with Gasteiger partial charge in [-0.3, -0.25) is 9.69 Å². The molecule has 0 aromatic carbocycles. The Bertz CT molecular complexity index is 671. The largest absolute Gasteiger partial charge is 0.466 e. The molecule has 1 fully saturated rings. The number of hydrogen-bond acceptors (Lipinski definition) is 4. The first-order valence-electron chi connectivity index (χ1n) is 7.36. The number of halogens is 1. The summed E-state index contributed by atoms with van der Waals surface area (Å²) in [4.78, 5) is 18.1. The first kappa shape index (κ1) is 15.6. The monoisotopic (exact) mass is 338 g/mol. The van der Waals surface area contributed by atoms with Crippen LogP contribution in [0, 0.1) is 13.8 Å². The Morgan fingerprint density at radius 1 is 1.27 bits per heavy atom. The number of piperazine rings is 1. The molecule has 2 aromatic heterocycles. The smallest absolute Gasteiger partial charge is 0.257 e. The van der Waals surface area contributed by atoms with Gasteiger partial charge < -0.3 is 9.32 Å². The molecule has 0 N–H and O–H groups in total. The van der Waals surface area contributed by atoms with E-state index in [1.807, 2.05) is 30.9 Å². The predicted octanol–water partition coefficient (Wildman–Crippen LogP) is 3.57. The fourth-order valence-electron chi connectivity index (χ4n) is 2.78. The minimum Gasteiger partial charge on any atom is -0.466 e. The summed E-state index contributed by atoms with van der Waals surface area (Å²) >= 11 is 7.59. The van der Waals surface area contributed by atoms with Crippen molar-refractivity contribution in [1.29, 1.82) is 0 Å². The topological polar surface area (TPSA) is 36.7 Å². The molecule has 0 saturated carbocycles. The number of rotatable bonds is 3. The first-order valence-corrected chi connectivity index (χ1v) is 8.55. The third-order valence-corrected chi connectivity index (χ3v) is 5.16. The van der Waals surface area contributed by atoms with Crippen molar-refractivity contribution in [2.45, 2.75) is 20.4 Å². The number of nitrogens with zero attached hydrogens (tertiary/aromatic N) is 2. The lowest BCUT2D eigenvalue weighted by molar-refractivity contribution is 0.0628. The Hall–Kier alpha value is -1.30. The minimum atomic E-state index is 0.0770. The molecule has 1 amide bonds. The zero-order valence-corrected chi connectivity index (χ0v) is 14.3. The second-order valence-corrected chi connectivity index (χ2v) is 7.40. The SMILES string of the molecule is Cc1cc(C(=O)N2CCN(Cc3ccc(Cl)s3)CC2)c(C)o1. The second-order valence-electron chi connectivity index (χ2n) is 5.60. The van der Waals surface area contributed by atoms with Crippen LogP contribution in [0.4, 0.5) is 0 Å². The molecule has 0 spiro atoms. The number of carbonyl (C=O) groups excluding carboxylic acids is 1. The van der Waals surface area contributed by atoms with Gasteiger partial charge in [-0.05, 0) is 32.0 Å². The quantitative estimate of drug-likeness (QED) is 0.858. The van der Waals surface area contributed by atoms with E-state index in [1.54, 1.807) is 11.3 Å². The maximum atomic E-state index is 12.5. The van der Waals surface area contributed by atoms with Crippen LogP contribution in [0.15, 0.2) is 22.6 Å². The summed E-state index contributed by atoms with van der Waals surface area (Å²) in [6.45, 7) is 7.89. The Labute approximate surface area is 139 Å². The van der Waals surface area contributed by atoms with Gasteiger partial charge in [0.05, 0.1) is 9.90 Å². The molecule has 0 unspecified atom stereocenters. The van der Waals surface area contributed by atoms with Crippen LogP contribution in [0.5, 0.6) is 0 Å². The molecule has 0 radical (unpaired) electrons. The molecule has 4 nitrogen and oxygen atoms in total. The standard InChI is InChI=1S/C16H19ClN2O2S/c1-11-9-14(12(2)21-11)16(20)19-7-5-18(6-8-19)10-13-3-4-15(17)22-13/h3-4,9H,5-8,10H2,1-2H3. The summed E-state index contributed by atoms with van der Waals surface area (Å²) in [5.41, 5.74) is 0.691. The maximum Gasteiger partial charge on any atom is 0.257 e. The van der Waals surface area contributed by atoms with Gasteiger partial charge in [-0.1, -0.05) is 11.6 Å². The Balaban J connectivity index is 1.57. The summed E-state index contributed by atoms with van der Waals surface area (Å²) in [5.74, 6) is 1.57. The van der Waals surface area contributed by atoms with Crippen LogP contribution in [0.2, 0.25) is 4.34 Å². The number of amides is 1. The first-order chi connectivity index (χ1) is 10.5. The fraction of sp³-hybridized carbons (Fsp3) is 0.438. The third kappa shape index (κ3) is 3.37. The van der Waals surface area contributed by atoms with Crippen molar-refractivity contribution in [1.82, 2.24) is 9.80 Å². The van der Waals surface area contributed by atoms with Gasteiger partial charge in [0.2, 0.25) is 0 Å². The van der Waals surface area contributed by atoms with E-state index in [1.165, 1.54) is 4.88 Å². The van der Waals surface area contributed by atoms with Crippen molar-refractivity contribution in [3.8, 4) is 0 Å². The van der Waals surface area contributed by atoms with E-state index in [0.717, 1.165) is 42.8 Å². The van der Waals surface area contributed by atoms with Crippen LogP contribution in [-0.2, 0) is 6.54 Å². The van der Waals surface area contributed by atoms with E-state index in [2.05, 4.69) is 11.0 Å². The zero-order valence-electron chi connectivity index (χ0n) is 12.8. The van der Waals surface area contributed by atoms with Gasteiger partial charge >= 0.3 is 0 Å². The van der Waals surface area contributed by atoms with Crippen molar-refractivity contribution in [3.63, 3.8) is 0 Å².